The maximum absolute atomic E-state index is 4.71. The van der Waals surface area contributed by atoms with Gasteiger partial charge in [0.05, 0.1) is 12.6 Å². The zero-order chi connectivity index (χ0) is 18.1. The lowest BCUT2D eigenvalue weighted by molar-refractivity contribution is 0.363. The van der Waals surface area contributed by atoms with E-state index in [1.165, 1.54) is 37.2 Å². The highest BCUT2D eigenvalue weighted by atomic mass is 15.2. The first-order valence-corrected chi connectivity index (χ1v) is 9.72. The van der Waals surface area contributed by atoms with Crippen molar-refractivity contribution in [1.29, 1.82) is 0 Å². The van der Waals surface area contributed by atoms with Gasteiger partial charge in [-0.25, -0.2) is 0 Å². The first-order chi connectivity index (χ1) is 12.1. The lowest BCUT2D eigenvalue weighted by Crippen LogP contribution is -2.39. The SMILES string of the molecule is CCNC(=NCCN(C)CC)NC(C)c1cccc(N2CCCC2)c1. The summed E-state index contributed by atoms with van der Waals surface area (Å²) in [6, 6.07) is 9.13. The lowest BCUT2D eigenvalue weighted by atomic mass is 10.1. The molecule has 1 aliphatic rings. The number of likely N-dealkylation sites (N-methyl/N-ethyl adjacent to an activating group) is 1. The highest BCUT2D eigenvalue weighted by Gasteiger charge is 2.14. The number of guanidine groups is 1. The van der Waals surface area contributed by atoms with Gasteiger partial charge in [-0.1, -0.05) is 19.1 Å². The highest BCUT2D eigenvalue weighted by Crippen LogP contribution is 2.23. The molecule has 2 N–H and O–H groups in total. The molecule has 1 heterocycles. The smallest absolute Gasteiger partial charge is 0.191 e. The quantitative estimate of drug-likeness (QED) is 0.562. The van der Waals surface area contributed by atoms with Crippen LogP contribution in [-0.2, 0) is 0 Å². The molecular formula is C20H35N5. The Morgan fingerprint density at radius 3 is 2.72 bits per heavy atom. The van der Waals surface area contributed by atoms with Crippen LogP contribution in [0.5, 0.6) is 0 Å². The summed E-state index contributed by atoms with van der Waals surface area (Å²) in [5.74, 6) is 0.895. The molecule has 0 aliphatic carbocycles. The molecule has 1 aliphatic heterocycles. The van der Waals surface area contributed by atoms with Gasteiger partial charge in [0.15, 0.2) is 5.96 Å². The number of anilines is 1. The number of hydrogen-bond acceptors (Lipinski definition) is 3. The molecule has 1 saturated heterocycles. The van der Waals surface area contributed by atoms with Gasteiger partial charge in [0.1, 0.15) is 0 Å². The van der Waals surface area contributed by atoms with Crippen molar-refractivity contribution in [1.82, 2.24) is 15.5 Å². The molecule has 25 heavy (non-hydrogen) atoms. The van der Waals surface area contributed by atoms with E-state index in [4.69, 9.17) is 4.99 Å². The number of rotatable bonds is 8. The Kier molecular flexibility index (Phi) is 8.06. The zero-order valence-electron chi connectivity index (χ0n) is 16.4. The first kappa shape index (κ1) is 19.6. The summed E-state index contributed by atoms with van der Waals surface area (Å²) in [5.41, 5.74) is 2.65. The zero-order valence-corrected chi connectivity index (χ0v) is 16.4. The van der Waals surface area contributed by atoms with Gasteiger partial charge in [0.2, 0.25) is 0 Å². The van der Waals surface area contributed by atoms with Gasteiger partial charge in [0, 0.05) is 31.9 Å². The number of nitrogens with zero attached hydrogens (tertiary/aromatic N) is 3. The van der Waals surface area contributed by atoms with Crippen molar-refractivity contribution < 1.29 is 0 Å². The molecule has 0 spiro atoms. The Bertz CT molecular complexity index is 537. The topological polar surface area (TPSA) is 42.9 Å². The van der Waals surface area contributed by atoms with Crippen molar-refractivity contribution in [2.24, 2.45) is 4.99 Å². The molecular weight excluding hydrogens is 310 g/mol. The van der Waals surface area contributed by atoms with Crippen molar-refractivity contribution in [2.45, 2.75) is 39.7 Å². The number of nitrogens with one attached hydrogen (secondary N) is 2. The van der Waals surface area contributed by atoms with Crippen LogP contribution in [0, 0.1) is 0 Å². The van der Waals surface area contributed by atoms with Crippen LogP contribution in [0.1, 0.15) is 45.2 Å². The summed E-state index contributed by atoms with van der Waals surface area (Å²) in [7, 11) is 2.13. The molecule has 1 unspecified atom stereocenters. The van der Waals surface area contributed by atoms with Crippen LogP contribution in [0.15, 0.2) is 29.3 Å². The highest BCUT2D eigenvalue weighted by molar-refractivity contribution is 5.80. The maximum Gasteiger partial charge on any atom is 0.191 e. The lowest BCUT2D eigenvalue weighted by Gasteiger charge is -2.22. The van der Waals surface area contributed by atoms with Crippen molar-refractivity contribution >= 4 is 11.6 Å². The van der Waals surface area contributed by atoms with Crippen molar-refractivity contribution in [2.75, 3.05) is 51.2 Å². The fourth-order valence-corrected chi connectivity index (χ4v) is 3.07. The predicted octanol–water partition coefficient (Wildman–Crippen LogP) is 2.85. The van der Waals surface area contributed by atoms with Crippen LogP contribution < -0.4 is 15.5 Å². The molecule has 5 heteroatoms. The average molecular weight is 346 g/mol. The third kappa shape index (κ3) is 6.24. The molecule has 5 nitrogen and oxygen atoms in total. The second kappa shape index (κ2) is 10.3. The normalized spacial score (nSPS) is 16.4. The van der Waals surface area contributed by atoms with Crippen molar-refractivity contribution in [3.05, 3.63) is 29.8 Å². The van der Waals surface area contributed by atoms with Gasteiger partial charge < -0.3 is 20.4 Å². The molecule has 0 aromatic heterocycles. The molecule has 2 rings (SSSR count). The first-order valence-electron chi connectivity index (χ1n) is 9.72. The second-order valence-corrected chi connectivity index (χ2v) is 6.81. The predicted molar refractivity (Wildman–Crippen MR) is 109 cm³/mol. The largest absolute Gasteiger partial charge is 0.372 e. The van der Waals surface area contributed by atoms with Crippen LogP contribution >= 0.6 is 0 Å². The van der Waals surface area contributed by atoms with Crippen LogP contribution in [0.25, 0.3) is 0 Å². The van der Waals surface area contributed by atoms with Gasteiger partial charge in [-0.3, -0.25) is 4.99 Å². The Labute approximate surface area is 153 Å². The number of aliphatic imine (C=N–C) groups is 1. The van der Waals surface area contributed by atoms with E-state index in [0.717, 1.165) is 32.1 Å². The summed E-state index contributed by atoms with van der Waals surface area (Å²) in [6.07, 6.45) is 2.61. The Hall–Kier alpha value is -1.75. The fraction of sp³-hybridized carbons (Fsp3) is 0.650. The number of hydrogen-bond donors (Lipinski definition) is 2. The number of benzene rings is 1. The molecule has 0 saturated carbocycles. The Balaban J connectivity index is 1.98. The molecule has 1 fully saturated rings. The second-order valence-electron chi connectivity index (χ2n) is 6.81. The summed E-state index contributed by atoms with van der Waals surface area (Å²) in [4.78, 5) is 9.47. The summed E-state index contributed by atoms with van der Waals surface area (Å²) in [5, 5.41) is 6.90. The summed E-state index contributed by atoms with van der Waals surface area (Å²) >= 11 is 0. The molecule has 1 aromatic rings. The Morgan fingerprint density at radius 2 is 2.04 bits per heavy atom. The molecule has 0 radical (unpaired) electrons. The van der Waals surface area contributed by atoms with Gasteiger partial charge in [0.25, 0.3) is 0 Å². The van der Waals surface area contributed by atoms with Gasteiger partial charge in [-0.05, 0) is 58.0 Å². The Morgan fingerprint density at radius 1 is 1.28 bits per heavy atom. The van der Waals surface area contributed by atoms with Crippen molar-refractivity contribution in [3.63, 3.8) is 0 Å². The van der Waals surface area contributed by atoms with Crippen LogP contribution in [0.4, 0.5) is 5.69 Å². The van der Waals surface area contributed by atoms with Gasteiger partial charge >= 0.3 is 0 Å². The average Bonchev–Trinajstić information content (AvgIpc) is 3.16. The minimum absolute atomic E-state index is 0.226. The monoisotopic (exact) mass is 345 g/mol. The van der Waals surface area contributed by atoms with E-state index in [1.807, 2.05) is 0 Å². The standard InChI is InChI=1S/C20H35N5/c1-5-21-20(22-12-15-24(4)6-2)23-17(3)18-10-9-11-19(16-18)25-13-7-8-14-25/h9-11,16-17H,5-8,12-15H2,1-4H3,(H2,21,22,23). The molecule has 140 valence electrons. The van der Waals surface area contributed by atoms with Crippen LogP contribution in [0.3, 0.4) is 0 Å². The van der Waals surface area contributed by atoms with Crippen LogP contribution in [0.2, 0.25) is 0 Å². The summed E-state index contributed by atoms with van der Waals surface area (Å²) < 4.78 is 0. The molecule has 0 amide bonds. The van der Waals surface area contributed by atoms with E-state index < -0.39 is 0 Å². The minimum Gasteiger partial charge on any atom is -0.372 e. The van der Waals surface area contributed by atoms with E-state index >= 15 is 0 Å². The minimum atomic E-state index is 0.226. The van der Waals surface area contributed by atoms with E-state index in [1.54, 1.807) is 0 Å². The molecule has 1 aromatic carbocycles. The van der Waals surface area contributed by atoms with E-state index in [0.29, 0.717) is 0 Å². The molecule has 1 atom stereocenters. The van der Waals surface area contributed by atoms with Gasteiger partial charge in [-0.2, -0.15) is 0 Å². The summed E-state index contributed by atoms with van der Waals surface area (Å²) in [6.45, 7) is 12.5. The third-order valence-corrected chi connectivity index (χ3v) is 4.83. The van der Waals surface area contributed by atoms with E-state index in [2.05, 4.69) is 72.5 Å². The third-order valence-electron chi connectivity index (χ3n) is 4.83. The van der Waals surface area contributed by atoms with Gasteiger partial charge in [-0.15, -0.1) is 0 Å². The fourth-order valence-electron chi connectivity index (χ4n) is 3.07. The van der Waals surface area contributed by atoms with E-state index in [9.17, 15) is 0 Å². The maximum atomic E-state index is 4.71. The van der Waals surface area contributed by atoms with Crippen LogP contribution in [-0.4, -0.2) is 57.2 Å². The molecule has 0 bridgehead atoms. The van der Waals surface area contributed by atoms with Crippen molar-refractivity contribution in [3.8, 4) is 0 Å². The van der Waals surface area contributed by atoms with E-state index in [-0.39, 0.29) is 6.04 Å².